The molecule has 2 atom stereocenters. The number of nitrogens with two attached hydrogens (primary N) is 1. The standard InChI is InChI=1S/C11H15ClN2/c1-6-9(12)4-3-8-5-10(7(2)13)14-11(6)8/h3-4,7,10,14H,5,13H2,1-2H3. The van der Waals surface area contributed by atoms with E-state index in [-0.39, 0.29) is 6.04 Å². The maximum atomic E-state index is 6.05. The average molecular weight is 211 g/mol. The summed E-state index contributed by atoms with van der Waals surface area (Å²) in [5, 5.41) is 4.25. The summed E-state index contributed by atoms with van der Waals surface area (Å²) in [6.45, 7) is 4.07. The predicted molar refractivity (Wildman–Crippen MR) is 61.0 cm³/mol. The Bertz CT molecular complexity index is 361. The second-order valence-electron chi connectivity index (χ2n) is 4.02. The van der Waals surface area contributed by atoms with Crippen molar-refractivity contribution in [2.24, 2.45) is 5.73 Å². The van der Waals surface area contributed by atoms with Crippen molar-refractivity contribution < 1.29 is 0 Å². The summed E-state index contributed by atoms with van der Waals surface area (Å²) < 4.78 is 0. The number of fused-ring (bicyclic) bond motifs is 1. The molecule has 0 spiro atoms. The first-order valence-corrected chi connectivity index (χ1v) is 5.27. The fraction of sp³-hybridized carbons (Fsp3) is 0.455. The summed E-state index contributed by atoms with van der Waals surface area (Å²) in [4.78, 5) is 0. The van der Waals surface area contributed by atoms with E-state index >= 15 is 0 Å². The molecule has 1 aromatic carbocycles. The van der Waals surface area contributed by atoms with E-state index in [1.165, 1.54) is 11.3 Å². The molecule has 0 fully saturated rings. The third-order valence-corrected chi connectivity index (χ3v) is 3.30. The van der Waals surface area contributed by atoms with Gasteiger partial charge in [-0.1, -0.05) is 17.7 Å². The molecule has 1 aliphatic heterocycles. The minimum Gasteiger partial charge on any atom is -0.380 e. The van der Waals surface area contributed by atoms with Crippen LogP contribution in [0, 0.1) is 6.92 Å². The zero-order valence-corrected chi connectivity index (χ0v) is 9.23. The summed E-state index contributed by atoms with van der Waals surface area (Å²) in [6.07, 6.45) is 1.00. The van der Waals surface area contributed by atoms with Gasteiger partial charge in [0.15, 0.2) is 0 Å². The lowest BCUT2D eigenvalue weighted by Crippen LogP contribution is -2.36. The van der Waals surface area contributed by atoms with Gasteiger partial charge < -0.3 is 11.1 Å². The molecule has 0 radical (unpaired) electrons. The van der Waals surface area contributed by atoms with Crippen LogP contribution < -0.4 is 11.1 Å². The Labute approximate surface area is 89.4 Å². The topological polar surface area (TPSA) is 38.0 Å². The number of hydrogen-bond donors (Lipinski definition) is 2. The SMILES string of the molecule is Cc1c(Cl)ccc2c1NC(C(C)N)C2. The molecule has 14 heavy (non-hydrogen) atoms. The van der Waals surface area contributed by atoms with Crippen LogP contribution in [0.3, 0.4) is 0 Å². The molecule has 1 aliphatic rings. The van der Waals surface area contributed by atoms with E-state index in [9.17, 15) is 0 Å². The Hall–Kier alpha value is -0.730. The third kappa shape index (κ3) is 1.49. The van der Waals surface area contributed by atoms with Gasteiger partial charge in [0, 0.05) is 22.8 Å². The number of benzene rings is 1. The number of rotatable bonds is 1. The van der Waals surface area contributed by atoms with Gasteiger partial charge in [-0.3, -0.25) is 0 Å². The van der Waals surface area contributed by atoms with Gasteiger partial charge in [-0.05, 0) is 37.5 Å². The largest absolute Gasteiger partial charge is 0.380 e. The molecule has 76 valence electrons. The third-order valence-electron chi connectivity index (χ3n) is 2.89. The van der Waals surface area contributed by atoms with Gasteiger partial charge in [-0.15, -0.1) is 0 Å². The fourth-order valence-corrected chi connectivity index (χ4v) is 2.06. The molecular formula is C11H15ClN2. The van der Waals surface area contributed by atoms with Crippen LogP contribution in [0.15, 0.2) is 12.1 Å². The van der Waals surface area contributed by atoms with Gasteiger partial charge in [0.25, 0.3) is 0 Å². The first-order chi connectivity index (χ1) is 6.59. The van der Waals surface area contributed by atoms with Crippen molar-refractivity contribution in [3.05, 3.63) is 28.3 Å². The monoisotopic (exact) mass is 210 g/mol. The molecule has 2 nitrogen and oxygen atoms in total. The molecule has 2 rings (SSSR count). The van der Waals surface area contributed by atoms with Crippen LogP contribution in [0.2, 0.25) is 5.02 Å². The fourth-order valence-electron chi connectivity index (χ4n) is 1.90. The zero-order chi connectivity index (χ0) is 10.3. The van der Waals surface area contributed by atoms with Crippen molar-refractivity contribution in [2.45, 2.75) is 32.4 Å². The van der Waals surface area contributed by atoms with Gasteiger partial charge >= 0.3 is 0 Å². The highest BCUT2D eigenvalue weighted by molar-refractivity contribution is 6.31. The molecule has 3 heteroatoms. The molecule has 2 unspecified atom stereocenters. The number of hydrogen-bond acceptors (Lipinski definition) is 2. The summed E-state index contributed by atoms with van der Waals surface area (Å²) >= 11 is 6.05. The maximum absolute atomic E-state index is 6.05. The molecule has 0 saturated heterocycles. The number of halogens is 1. The van der Waals surface area contributed by atoms with Crippen molar-refractivity contribution in [1.82, 2.24) is 0 Å². The van der Waals surface area contributed by atoms with Gasteiger partial charge in [-0.2, -0.15) is 0 Å². The first-order valence-electron chi connectivity index (χ1n) is 4.89. The lowest BCUT2D eigenvalue weighted by atomic mass is 10.0. The average Bonchev–Trinajstić information content (AvgIpc) is 2.56. The Morgan fingerprint density at radius 2 is 2.29 bits per heavy atom. The van der Waals surface area contributed by atoms with Crippen LogP contribution in [-0.4, -0.2) is 12.1 Å². The second kappa shape index (κ2) is 3.44. The van der Waals surface area contributed by atoms with E-state index in [1.54, 1.807) is 0 Å². The van der Waals surface area contributed by atoms with Crippen molar-refractivity contribution in [1.29, 1.82) is 0 Å². The Kier molecular flexibility index (Phi) is 2.41. The van der Waals surface area contributed by atoms with Gasteiger partial charge in [-0.25, -0.2) is 0 Å². The smallest absolute Gasteiger partial charge is 0.0455 e. The number of anilines is 1. The lowest BCUT2D eigenvalue weighted by Gasteiger charge is -2.15. The summed E-state index contributed by atoms with van der Waals surface area (Å²) in [5.41, 5.74) is 9.51. The van der Waals surface area contributed by atoms with Crippen molar-refractivity contribution in [3.8, 4) is 0 Å². The minimum atomic E-state index is 0.167. The Morgan fingerprint density at radius 1 is 1.57 bits per heavy atom. The summed E-state index contributed by atoms with van der Waals surface area (Å²) in [6, 6.07) is 4.56. The van der Waals surface area contributed by atoms with Crippen LogP contribution in [0.5, 0.6) is 0 Å². The Morgan fingerprint density at radius 3 is 2.93 bits per heavy atom. The molecule has 0 aromatic heterocycles. The Balaban J connectivity index is 2.36. The van der Waals surface area contributed by atoms with Crippen molar-refractivity contribution in [3.63, 3.8) is 0 Å². The lowest BCUT2D eigenvalue weighted by molar-refractivity contribution is 0.612. The normalized spacial score (nSPS) is 21.6. The molecule has 0 aliphatic carbocycles. The zero-order valence-electron chi connectivity index (χ0n) is 8.47. The van der Waals surface area contributed by atoms with E-state index < -0.39 is 0 Å². The molecule has 0 saturated carbocycles. The van der Waals surface area contributed by atoms with Crippen molar-refractivity contribution >= 4 is 17.3 Å². The highest BCUT2D eigenvalue weighted by Crippen LogP contribution is 2.33. The maximum Gasteiger partial charge on any atom is 0.0455 e. The predicted octanol–water partition coefficient (Wildman–Crippen LogP) is 2.33. The molecule has 0 bridgehead atoms. The van der Waals surface area contributed by atoms with Crippen LogP contribution in [0.25, 0.3) is 0 Å². The molecule has 1 aromatic rings. The van der Waals surface area contributed by atoms with Crippen LogP contribution >= 0.6 is 11.6 Å². The van der Waals surface area contributed by atoms with E-state index in [4.69, 9.17) is 17.3 Å². The van der Waals surface area contributed by atoms with Crippen LogP contribution in [0.1, 0.15) is 18.1 Å². The minimum absolute atomic E-state index is 0.167. The highest BCUT2D eigenvalue weighted by Gasteiger charge is 2.25. The number of nitrogens with one attached hydrogen (secondary N) is 1. The summed E-state index contributed by atoms with van der Waals surface area (Å²) in [7, 11) is 0. The second-order valence-corrected chi connectivity index (χ2v) is 4.43. The van der Waals surface area contributed by atoms with Gasteiger partial charge in [0.1, 0.15) is 0 Å². The summed E-state index contributed by atoms with van der Waals surface area (Å²) in [5.74, 6) is 0. The van der Waals surface area contributed by atoms with E-state index in [0.29, 0.717) is 6.04 Å². The highest BCUT2D eigenvalue weighted by atomic mass is 35.5. The first kappa shape index (κ1) is 9.81. The van der Waals surface area contributed by atoms with E-state index in [1.807, 2.05) is 19.9 Å². The van der Waals surface area contributed by atoms with E-state index in [0.717, 1.165) is 17.0 Å². The van der Waals surface area contributed by atoms with Crippen LogP contribution in [0.4, 0.5) is 5.69 Å². The molecule has 1 heterocycles. The quantitative estimate of drug-likeness (QED) is 0.747. The molecular weight excluding hydrogens is 196 g/mol. The molecule has 0 amide bonds. The van der Waals surface area contributed by atoms with Crippen molar-refractivity contribution in [2.75, 3.05) is 5.32 Å². The molecule has 3 N–H and O–H groups in total. The van der Waals surface area contributed by atoms with Gasteiger partial charge in [0.05, 0.1) is 0 Å². The van der Waals surface area contributed by atoms with E-state index in [2.05, 4.69) is 11.4 Å². The van der Waals surface area contributed by atoms with Gasteiger partial charge in [0.2, 0.25) is 0 Å². The van der Waals surface area contributed by atoms with Crippen LogP contribution in [-0.2, 0) is 6.42 Å².